The zero-order valence-corrected chi connectivity index (χ0v) is 22.2. The van der Waals surface area contributed by atoms with Gasteiger partial charge in [0.05, 0.1) is 10.2 Å². The third-order valence-electron chi connectivity index (χ3n) is 5.56. The van der Waals surface area contributed by atoms with E-state index in [4.69, 9.17) is 9.47 Å². The van der Waals surface area contributed by atoms with Crippen LogP contribution in [0, 0.1) is 15.3 Å². The molecule has 4 nitrogen and oxygen atoms in total. The summed E-state index contributed by atoms with van der Waals surface area (Å²) in [7, 11) is 0. The third-order valence-corrected chi connectivity index (χ3v) is 6.57. The van der Waals surface area contributed by atoms with Gasteiger partial charge in [-0.2, -0.15) is 0 Å². The molecular weight excluding hydrogens is 508 g/mol. The fourth-order valence-electron chi connectivity index (χ4n) is 3.84. The van der Waals surface area contributed by atoms with Crippen molar-refractivity contribution in [2.24, 2.45) is 5.92 Å². The highest BCUT2D eigenvalue weighted by Gasteiger charge is 2.32. The van der Waals surface area contributed by atoms with Crippen LogP contribution >= 0.6 is 22.6 Å². The molecule has 176 valence electrons. The van der Waals surface area contributed by atoms with Crippen molar-refractivity contribution in [3.8, 4) is 5.75 Å². The molecule has 0 fully saturated rings. The van der Waals surface area contributed by atoms with Crippen LogP contribution in [0.1, 0.15) is 84.8 Å². The summed E-state index contributed by atoms with van der Waals surface area (Å²) in [6, 6.07) is 1.96. The van der Waals surface area contributed by atoms with Gasteiger partial charge in [0.2, 0.25) is 0 Å². The number of carbonyl (C=O) groups excluding carboxylic acids is 1. The summed E-state index contributed by atoms with van der Waals surface area (Å²) in [6.07, 6.45) is 5.67. The summed E-state index contributed by atoms with van der Waals surface area (Å²) in [5.41, 5.74) is 1.19. The van der Waals surface area contributed by atoms with Crippen LogP contribution < -0.4 is 4.74 Å². The van der Waals surface area contributed by atoms with Gasteiger partial charge in [-0.3, -0.25) is 0 Å². The third kappa shape index (κ3) is 7.79. The fourth-order valence-corrected chi connectivity index (χ4v) is 4.48. The average Bonchev–Trinajstić information content (AvgIpc) is 2.87. The van der Waals surface area contributed by atoms with E-state index in [1.165, 1.54) is 0 Å². The molecule has 0 saturated carbocycles. The highest BCUT2D eigenvalue weighted by atomic mass is 127. The quantitative estimate of drug-likeness (QED) is 0.197. The summed E-state index contributed by atoms with van der Waals surface area (Å²) >= 11 is 2.05. The second kappa shape index (κ2) is 11.7. The van der Waals surface area contributed by atoms with Gasteiger partial charge in [-0.15, -0.1) is 0 Å². The maximum atomic E-state index is 15.4. The normalized spacial score (nSPS) is 16.6. The molecule has 6 heteroatoms. The largest absolute Gasteiger partial charge is 0.492 e. The molecule has 1 aliphatic rings. The van der Waals surface area contributed by atoms with E-state index in [2.05, 4.69) is 43.4 Å². The summed E-state index contributed by atoms with van der Waals surface area (Å²) in [6.45, 7) is 13.3. The van der Waals surface area contributed by atoms with Gasteiger partial charge in [-0.1, -0.05) is 27.2 Å². The molecule has 1 unspecified atom stereocenters. The second-order valence-electron chi connectivity index (χ2n) is 9.95. The molecular formula is C25H39FINO3. The maximum absolute atomic E-state index is 15.4. The molecule has 0 aromatic heterocycles. The molecule has 0 radical (unpaired) electrons. The van der Waals surface area contributed by atoms with Gasteiger partial charge in [0, 0.05) is 12.6 Å². The number of benzene rings is 1. The number of carbonyl (C=O) groups is 1. The Kier molecular flexibility index (Phi) is 9.90. The predicted octanol–water partition coefficient (Wildman–Crippen LogP) is 7.14. The van der Waals surface area contributed by atoms with Gasteiger partial charge >= 0.3 is 6.09 Å². The van der Waals surface area contributed by atoms with Crippen molar-refractivity contribution in [1.82, 2.24) is 4.90 Å². The standard InChI is InChI=1S/C25H39FINO3/c1-7-8-14-30-21-15-18-10-9-11-19(16-20(18)22(26)23(21)27)28(13-12-17(2)3)24(29)31-25(4,5)6/h15,17,19H,7-14,16H2,1-6H3. The first-order valence-electron chi connectivity index (χ1n) is 11.7. The lowest BCUT2D eigenvalue weighted by molar-refractivity contribution is 0.0141. The second-order valence-corrected chi connectivity index (χ2v) is 11.0. The molecule has 0 N–H and O–H groups in total. The Hall–Kier alpha value is -1.05. The number of halogens is 2. The van der Waals surface area contributed by atoms with Gasteiger partial charge in [0.25, 0.3) is 0 Å². The van der Waals surface area contributed by atoms with E-state index >= 15 is 4.39 Å². The zero-order chi connectivity index (χ0) is 23.2. The van der Waals surface area contributed by atoms with Crippen molar-refractivity contribution in [2.75, 3.05) is 13.2 Å². The SMILES string of the molecule is CCCCOc1cc2c(c(F)c1I)CC(N(CCC(C)C)C(=O)OC(C)(C)C)CCC2. The number of rotatable bonds is 8. The van der Waals surface area contributed by atoms with Crippen LogP contribution in [0.15, 0.2) is 6.07 Å². The summed E-state index contributed by atoms with van der Waals surface area (Å²) < 4.78 is 27.6. The molecule has 2 rings (SSSR count). The Bertz CT molecular complexity index is 745. The van der Waals surface area contributed by atoms with Gasteiger partial charge in [-0.25, -0.2) is 9.18 Å². The zero-order valence-electron chi connectivity index (χ0n) is 20.0. The van der Waals surface area contributed by atoms with Crippen LogP contribution in [0.3, 0.4) is 0 Å². The van der Waals surface area contributed by atoms with Crippen LogP contribution in [-0.4, -0.2) is 35.8 Å². The van der Waals surface area contributed by atoms with Gasteiger partial charge < -0.3 is 14.4 Å². The number of hydrogen-bond donors (Lipinski definition) is 0. The van der Waals surface area contributed by atoms with Gasteiger partial charge in [0.15, 0.2) is 0 Å². The van der Waals surface area contributed by atoms with Crippen molar-refractivity contribution in [1.29, 1.82) is 0 Å². The van der Waals surface area contributed by atoms with Gasteiger partial charge in [-0.05, 0) is 105 Å². The lowest BCUT2D eigenvalue weighted by atomic mass is 9.99. The van der Waals surface area contributed by atoms with Crippen molar-refractivity contribution in [2.45, 2.75) is 98.1 Å². The number of ether oxygens (including phenoxy) is 2. The molecule has 0 aliphatic heterocycles. The maximum Gasteiger partial charge on any atom is 0.410 e. The van der Waals surface area contributed by atoms with E-state index in [0.717, 1.165) is 49.7 Å². The fraction of sp³-hybridized carbons (Fsp3) is 0.720. The summed E-state index contributed by atoms with van der Waals surface area (Å²) in [5, 5.41) is 0. The number of nitrogens with zero attached hydrogens (tertiary/aromatic N) is 1. The number of unbranched alkanes of at least 4 members (excludes halogenated alkanes) is 1. The minimum atomic E-state index is -0.554. The Morgan fingerprint density at radius 2 is 2.06 bits per heavy atom. The molecule has 0 heterocycles. The molecule has 1 amide bonds. The van der Waals surface area contributed by atoms with Crippen molar-refractivity contribution in [3.05, 3.63) is 26.6 Å². The minimum absolute atomic E-state index is 0.0630. The van der Waals surface area contributed by atoms with Crippen LogP contribution in [-0.2, 0) is 17.6 Å². The van der Waals surface area contributed by atoms with Crippen molar-refractivity contribution in [3.63, 3.8) is 0 Å². The van der Waals surface area contributed by atoms with E-state index in [0.29, 0.717) is 34.8 Å². The Morgan fingerprint density at radius 1 is 1.35 bits per heavy atom. The van der Waals surface area contributed by atoms with Crippen LogP contribution in [0.25, 0.3) is 0 Å². The molecule has 1 aromatic carbocycles. The highest BCUT2D eigenvalue weighted by molar-refractivity contribution is 14.1. The van der Waals surface area contributed by atoms with Gasteiger partial charge in [0.1, 0.15) is 17.2 Å². The minimum Gasteiger partial charge on any atom is -0.492 e. The first kappa shape index (κ1) is 26.2. The van der Waals surface area contributed by atoms with E-state index in [1.807, 2.05) is 31.7 Å². The van der Waals surface area contributed by atoms with E-state index in [-0.39, 0.29) is 18.0 Å². The van der Waals surface area contributed by atoms with Crippen LogP contribution in [0.5, 0.6) is 5.75 Å². The van der Waals surface area contributed by atoms with E-state index in [1.54, 1.807) is 0 Å². The molecule has 0 spiro atoms. The monoisotopic (exact) mass is 547 g/mol. The predicted molar refractivity (Wildman–Crippen MR) is 132 cm³/mol. The topological polar surface area (TPSA) is 38.8 Å². The number of amides is 1. The Balaban J connectivity index is 2.30. The summed E-state index contributed by atoms with van der Waals surface area (Å²) in [5.74, 6) is 0.931. The summed E-state index contributed by atoms with van der Waals surface area (Å²) in [4.78, 5) is 14.9. The highest BCUT2D eigenvalue weighted by Crippen LogP contribution is 2.34. The smallest absolute Gasteiger partial charge is 0.410 e. The van der Waals surface area contributed by atoms with E-state index in [9.17, 15) is 4.79 Å². The molecule has 31 heavy (non-hydrogen) atoms. The Labute approximate surface area is 201 Å². The van der Waals surface area contributed by atoms with Crippen LogP contribution in [0.4, 0.5) is 9.18 Å². The molecule has 1 atom stereocenters. The van der Waals surface area contributed by atoms with Crippen molar-refractivity contribution < 1.29 is 18.7 Å². The van der Waals surface area contributed by atoms with Crippen molar-refractivity contribution >= 4 is 28.7 Å². The number of fused-ring (bicyclic) bond motifs is 1. The molecule has 1 aliphatic carbocycles. The molecule has 1 aromatic rings. The number of hydrogen-bond acceptors (Lipinski definition) is 3. The molecule has 0 bridgehead atoms. The Morgan fingerprint density at radius 3 is 2.68 bits per heavy atom. The lowest BCUT2D eigenvalue weighted by Crippen LogP contribution is -2.45. The lowest BCUT2D eigenvalue weighted by Gasteiger charge is -2.34. The first-order chi connectivity index (χ1) is 14.5. The average molecular weight is 547 g/mol. The first-order valence-corrected chi connectivity index (χ1v) is 12.7. The van der Waals surface area contributed by atoms with Crippen LogP contribution in [0.2, 0.25) is 0 Å². The molecule has 0 saturated heterocycles. The number of aryl methyl sites for hydroxylation is 1. The van der Waals surface area contributed by atoms with E-state index < -0.39 is 5.60 Å².